The van der Waals surface area contributed by atoms with Crippen LogP contribution < -0.4 is 4.74 Å². The monoisotopic (exact) mass is 390 g/mol. The minimum atomic E-state index is 0.186. The SMILES string of the molecule is O=C(C1CC1)N1CCC[C@@H](n2cc(-c3ccc(Oc4ncccn4)cc3)nn2)C1. The van der Waals surface area contributed by atoms with E-state index in [9.17, 15) is 4.79 Å². The number of hydrogen-bond donors (Lipinski definition) is 0. The van der Waals surface area contributed by atoms with Crippen molar-refractivity contribution in [1.29, 1.82) is 0 Å². The third kappa shape index (κ3) is 3.96. The van der Waals surface area contributed by atoms with Gasteiger partial charge in [-0.1, -0.05) is 5.21 Å². The molecule has 3 heterocycles. The van der Waals surface area contributed by atoms with E-state index >= 15 is 0 Å². The Hall–Kier alpha value is -3.29. The van der Waals surface area contributed by atoms with E-state index in [0.29, 0.717) is 17.7 Å². The summed E-state index contributed by atoms with van der Waals surface area (Å²) in [7, 11) is 0. The number of ether oxygens (including phenoxy) is 1. The quantitative estimate of drug-likeness (QED) is 0.665. The van der Waals surface area contributed by atoms with Crippen molar-refractivity contribution >= 4 is 5.91 Å². The Balaban J connectivity index is 1.26. The molecule has 0 spiro atoms. The predicted octanol–water partition coefficient (Wildman–Crippen LogP) is 3.10. The van der Waals surface area contributed by atoms with Gasteiger partial charge in [-0.25, -0.2) is 14.6 Å². The summed E-state index contributed by atoms with van der Waals surface area (Å²) in [6, 6.07) is 9.85. The number of nitrogens with zero attached hydrogens (tertiary/aromatic N) is 6. The molecule has 1 amide bonds. The molecule has 1 saturated heterocycles. The fraction of sp³-hybridized carbons (Fsp3) is 0.381. The molecule has 0 bridgehead atoms. The summed E-state index contributed by atoms with van der Waals surface area (Å²) in [5, 5.41) is 8.67. The minimum Gasteiger partial charge on any atom is -0.424 e. The molecule has 1 aliphatic carbocycles. The molecule has 29 heavy (non-hydrogen) atoms. The lowest BCUT2D eigenvalue weighted by Gasteiger charge is -2.32. The molecule has 1 saturated carbocycles. The van der Waals surface area contributed by atoms with Gasteiger partial charge in [0.2, 0.25) is 5.91 Å². The van der Waals surface area contributed by atoms with Crippen LogP contribution in [0, 0.1) is 5.92 Å². The first kappa shape index (κ1) is 17.8. The van der Waals surface area contributed by atoms with Gasteiger partial charge in [-0.2, -0.15) is 0 Å². The first-order valence-corrected chi connectivity index (χ1v) is 10.0. The van der Waals surface area contributed by atoms with Gasteiger partial charge in [-0.05, 0) is 56.0 Å². The van der Waals surface area contributed by atoms with Crippen LogP contribution in [0.25, 0.3) is 11.3 Å². The Morgan fingerprint density at radius 3 is 2.62 bits per heavy atom. The van der Waals surface area contributed by atoms with Crippen molar-refractivity contribution in [3.05, 3.63) is 48.9 Å². The maximum Gasteiger partial charge on any atom is 0.321 e. The maximum absolute atomic E-state index is 12.4. The number of rotatable bonds is 5. The maximum atomic E-state index is 12.4. The number of amides is 1. The molecule has 0 N–H and O–H groups in total. The first-order chi connectivity index (χ1) is 14.3. The van der Waals surface area contributed by atoms with Gasteiger partial charge in [0.05, 0.1) is 12.2 Å². The van der Waals surface area contributed by atoms with Crippen molar-refractivity contribution in [3.8, 4) is 23.0 Å². The summed E-state index contributed by atoms with van der Waals surface area (Å²) >= 11 is 0. The number of carbonyl (C=O) groups is 1. The summed E-state index contributed by atoms with van der Waals surface area (Å²) in [6.07, 6.45) is 9.35. The van der Waals surface area contributed by atoms with Gasteiger partial charge in [0.25, 0.3) is 0 Å². The third-order valence-electron chi connectivity index (χ3n) is 5.42. The zero-order chi connectivity index (χ0) is 19.6. The van der Waals surface area contributed by atoms with Gasteiger partial charge in [0.15, 0.2) is 0 Å². The summed E-state index contributed by atoms with van der Waals surface area (Å²) in [5.74, 6) is 1.24. The second-order valence-electron chi connectivity index (χ2n) is 7.60. The Morgan fingerprint density at radius 2 is 1.86 bits per heavy atom. The van der Waals surface area contributed by atoms with E-state index in [0.717, 1.165) is 50.0 Å². The summed E-state index contributed by atoms with van der Waals surface area (Å²) < 4.78 is 7.53. The molecule has 2 aromatic heterocycles. The van der Waals surface area contributed by atoms with Crippen LogP contribution >= 0.6 is 0 Å². The van der Waals surface area contributed by atoms with Crippen LogP contribution in [0.1, 0.15) is 31.7 Å². The number of benzene rings is 1. The molecule has 1 atom stereocenters. The topological polar surface area (TPSA) is 86.0 Å². The molecule has 1 aliphatic heterocycles. The van der Waals surface area contributed by atoms with Crippen LogP contribution in [0.2, 0.25) is 0 Å². The fourth-order valence-corrected chi connectivity index (χ4v) is 3.68. The summed E-state index contributed by atoms with van der Waals surface area (Å²) in [6.45, 7) is 1.59. The average Bonchev–Trinajstić information content (AvgIpc) is 3.51. The molecule has 1 aromatic carbocycles. The van der Waals surface area contributed by atoms with E-state index in [-0.39, 0.29) is 12.0 Å². The van der Waals surface area contributed by atoms with Crippen molar-refractivity contribution in [3.63, 3.8) is 0 Å². The Kier molecular flexibility index (Phi) is 4.67. The highest BCUT2D eigenvalue weighted by atomic mass is 16.5. The van der Waals surface area contributed by atoms with E-state index in [1.54, 1.807) is 18.5 Å². The normalized spacial score (nSPS) is 19.2. The molecule has 2 aliphatic rings. The fourth-order valence-electron chi connectivity index (χ4n) is 3.68. The number of aromatic nitrogens is 5. The number of hydrogen-bond acceptors (Lipinski definition) is 6. The number of carbonyl (C=O) groups excluding carboxylic acids is 1. The van der Waals surface area contributed by atoms with Gasteiger partial charge in [0, 0.05) is 37.0 Å². The zero-order valence-electron chi connectivity index (χ0n) is 16.0. The van der Waals surface area contributed by atoms with E-state index in [2.05, 4.69) is 20.3 Å². The van der Waals surface area contributed by atoms with Crippen LogP contribution in [0.3, 0.4) is 0 Å². The van der Waals surface area contributed by atoms with E-state index < -0.39 is 0 Å². The van der Waals surface area contributed by atoms with Gasteiger partial charge in [-0.3, -0.25) is 4.79 Å². The number of likely N-dealkylation sites (tertiary alicyclic amines) is 1. The Morgan fingerprint density at radius 1 is 1.07 bits per heavy atom. The molecule has 8 heteroatoms. The van der Waals surface area contributed by atoms with E-state index in [4.69, 9.17) is 4.74 Å². The van der Waals surface area contributed by atoms with Gasteiger partial charge in [-0.15, -0.1) is 5.10 Å². The van der Waals surface area contributed by atoms with Crippen molar-refractivity contribution < 1.29 is 9.53 Å². The zero-order valence-corrected chi connectivity index (χ0v) is 16.0. The molecular formula is C21H22N6O2. The second kappa shape index (κ2) is 7.62. The van der Waals surface area contributed by atoms with Crippen LogP contribution in [0.4, 0.5) is 0 Å². The predicted molar refractivity (Wildman–Crippen MR) is 105 cm³/mol. The molecule has 148 valence electrons. The van der Waals surface area contributed by atoms with E-state index in [1.165, 1.54) is 0 Å². The van der Waals surface area contributed by atoms with Gasteiger partial charge < -0.3 is 9.64 Å². The van der Waals surface area contributed by atoms with Crippen molar-refractivity contribution in [2.24, 2.45) is 5.92 Å². The van der Waals surface area contributed by atoms with E-state index in [1.807, 2.05) is 40.0 Å². The van der Waals surface area contributed by atoms with Crippen LogP contribution in [-0.2, 0) is 4.79 Å². The minimum absolute atomic E-state index is 0.186. The first-order valence-electron chi connectivity index (χ1n) is 10.0. The highest BCUT2D eigenvalue weighted by Crippen LogP contribution is 2.33. The standard InChI is InChI=1S/C21H22N6O2/c28-20(16-4-5-16)26-12-1-3-17(13-26)27-14-19(24-25-27)15-6-8-18(9-7-15)29-21-22-10-2-11-23-21/h2,6-11,14,16-17H,1,3-5,12-13H2/t17-/m1/s1. The van der Waals surface area contributed by atoms with Crippen molar-refractivity contribution in [2.75, 3.05) is 13.1 Å². The molecular weight excluding hydrogens is 368 g/mol. The molecule has 5 rings (SSSR count). The van der Waals surface area contributed by atoms with Crippen LogP contribution in [-0.4, -0.2) is 48.9 Å². The Labute approximate surface area is 168 Å². The molecule has 0 radical (unpaired) electrons. The number of piperidine rings is 1. The molecule has 3 aromatic rings. The lowest BCUT2D eigenvalue weighted by Crippen LogP contribution is -2.41. The third-order valence-corrected chi connectivity index (χ3v) is 5.42. The molecule has 8 nitrogen and oxygen atoms in total. The highest BCUT2D eigenvalue weighted by molar-refractivity contribution is 5.81. The van der Waals surface area contributed by atoms with Crippen molar-refractivity contribution in [2.45, 2.75) is 31.7 Å². The Bertz CT molecular complexity index is 984. The molecule has 2 fully saturated rings. The van der Waals surface area contributed by atoms with Gasteiger partial charge in [0.1, 0.15) is 11.4 Å². The lowest BCUT2D eigenvalue weighted by molar-refractivity contribution is -0.134. The highest BCUT2D eigenvalue weighted by Gasteiger charge is 2.35. The second-order valence-corrected chi connectivity index (χ2v) is 7.60. The smallest absolute Gasteiger partial charge is 0.321 e. The summed E-state index contributed by atoms with van der Waals surface area (Å²) in [4.78, 5) is 22.5. The summed E-state index contributed by atoms with van der Waals surface area (Å²) in [5.41, 5.74) is 1.76. The van der Waals surface area contributed by atoms with Crippen molar-refractivity contribution in [1.82, 2.24) is 29.9 Å². The lowest BCUT2D eigenvalue weighted by atomic mass is 10.1. The van der Waals surface area contributed by atoms with Crippen LogP contribution in [0.5, 0.6) is 11.8 Å². The van der Waals surface area contributed by atoms with Crippen LogP contribution in [0.15, 0.2) is 48.9 Å². The average molecular weight is 390 g/mol. The van der Waals surface area contributed by atoms with Gasteiger partial charge >= 0.3 is 6.01 Å². The largest absolute Gasteiger partial charge is 0.424 e. The molecule has 0 unspecified atom stereocenters.